The molecule has 0 saturated carbocycles. The van der Waals surface area contributed by atoms with Crippen molar-refractivity contribution < 1.29 is 4.74 Å². The van der Waals surface area contributed by atoms with E-state index < -0.39 is 0 Å². The molecule has 0 aliphatic carbocycles. The molecule has 1 aromatic carbocycles. The summed E-state index contributed by atoms with van der Waals surface area (Å²) in [5.74, 6) is 0.526. The Morgan fingerprint density at radius 2 is 2.03 bits per heavy atom. The predicted octanol–water partition coefficient (Wildman–Crippen LogP) is 3.34. The van der Waals surface area contributed by atoms with E-state index in [0.717, 1.165) is 33.7 Å². The lowest BCUT2D eigenvalue weighted by molar-refractivity contribution is 0.295. The van der Waals surface area contributed by atoms with E-state index in [1.807, 2.05) is 36.6 Å². The number of nitrogens with zero attached hydrogens (tertiary/aromatic N) is 7. The lowest BCUT2D eigenvalue weighted by Crippen LogP contribution is -2.33. The molecule has 5 aromatic rings. The van der Waals surface area contributed by atoms with Gasteiger partial charge < -0.3 is 9.64 Å². The number of imidazole rings is 1. The number of aryl methyl sites for hydroxylation is 3. The standard InChI is InChI=1S/C24H22ClN7O2/c1-14-10-15(12-31-8-9-34-22-18(31)4-5-19(25)28-22)21-16(11-14)24(33)29(2)23-20(26-13-32(21)23)17-6-7-27-30(17)3/h4-7,10-11,13H,8-9,12H2,1-3H3. The third kappa shape index (κ3) is 3.07. The fourth-order valence-corrected chi connectivity index (χ4v) is 4.95. The molecule has 0 atom stereocenters. The summed E-state index contributed by atoms with van der Waals surface area (Å²) in [5.41, 5.74) is 5.99. The van der Waals surface area contributed by atoms with Gasteiger partial charge in [-0.3, -0.25) is 18.4 Å². The van der Waals surface area contributed by atoms with Gasteiger partial charge in [0.15, 0.2) is 0 Å². The van der Waals surface area contributed by atoms with Gasteiger partial charge in [0.25, 0.3) is 5.56 Å². The highest BCUT2D eigenvalue weighted by Crippen LogP contribution is 2.33. The van der Waals surface area contributed by atoms with Crippen LogP contribution >= 0.6 is 11.6 Å². The van der Waals surface area contributed by atoms with E-state index in [1.165, 1.54) is 0 Å². The molecule has 1 aliphatic rings. The second kappa shape index (κ2) is 7.59. The van der Waals surface area contributed by atoms with Crippen LogP contribution in [-0.4, -0.2) is 41.9 Å². The van der Waals surface area contributed by atoms with Crippen molar-refractivity contribution in [2.24, 2.45) is 14.1 Å². The third-order valence-corrected chi connectivity index (χ3v) is 6.55. The Morgan fingerprint density at radius 1 is 1.18 bits per heavy atom. The van der Waals surface area contributed by atoms with Gasteiger partial charge in [0.05, 0.1) is 23.1 Å². The van der Waals surface area contributed by atoms with Crippen LogP contribution in [0.3, 0.4) is 0 Å². The molecular formula is C24H22ClN7O2. The molecule has 0 unspecified atom stereocenters. The van der Waals surface area contributed by atoms with E-state index in [2.05, 4.69) is 21.0 Å². The molecule has 0 bridgehead atoms. The fourth-order valence-electron chi connectivity index (χ4n) is 4.81. The van der Waals surface area contributed by atoms with Crippen molar-refractivity contribution in [1.82, 2.24) is 28.7 Å². The molecule has 4 aromatic heterocycles. The van der Waals surface area contributed by atoms with Crippen molar-refractivity contribution in [2.75, 3.05) is 18.1 Å². The first-order valence-corrected chi connectivity index (χ1v) is 11.3. The summed E-state index contributed by atoms with van der Waals surface area (Å²) < 4.78 is 11.2. The Balaban J connectivity index is 1.59. The molecule has 0 fully saturated rings. The van der Waals surface area contributed by atoms with Gasteiger partial charge in [-0.15, -0.1) is 0 Å². The van der Waals surface area contributed by atoms with Crippen molar-refractivity contribution in [3.05, 3.63) is 69.5 Å². The van der Waals surface area contributed by atoms with E-state index in [0.29, 0.717) is 41.8 Å². The second-order valence-electron chi connectivity index (χ2n) is 8.54. The summed E-state index contributed by atoms with van der Waals surface area (Å²) in [7, 11) is 3.65. The number of anilines is 1. The zero-order chi connectivity index (χ0) is 23.6. The minimum atomic E-state index is -0.0628. The number of fused-ring (bicyclic) bond motifs is 4. The predicted molar refractivity (Wildman–Crippen MR) is 131 cm³/mol. The third-order valence-electron chi connectivity index (χ3n) is 6.34. The van der Waals surface area contributed by atoms with Gasteiger partial charge in [0.1, 0.15) is 35.1 Å². The molecule has 0 amide bonds. The molecule has 10 heteroatoms. The highest BCUT2D eigenvalue weighted by molar-refractivity contribution is 6.29. The number of benzene rings is 1. The number of rotatable bonds is 3. The first-order chi connectivity index (χ1) is 16.4. The second-order valence-corrected chi connectivity index (χ2v) is 8.93. The van der Waals surface area contributed by atoms with Crippen LogP contribution in [0.2, 0.25) is 5.15 Å². The Hall–Kier alpha value is -3.85. The summed E-state index contributed by atoms with van der Waals surface area (Å²) in [6, 6.07) is 9.66. The van der Waals surface area contributed by atoms with Gasteiger partial charge in [-0.2, -0.15) is 10.1 Å². The van der Waals surface area contributed by atoms with E-state index in [1.54, 1.807) is 34.9 Å². The van der Waals surface area contributed by atoms with Crippen LogP contribution in [0.25, 0.3) is 27.9 Å². The van der Waals surface area contributed by atoms with Gasteiger partial charge >= 0.3 is 0 Å². The zero-order valence-electron chi connectivity index (χ0n) is 19.0. The molecule has 172 valence electrons. The Morgan fingerprint density at radius 3 is 2.82 bits per heavy atom. The molecular weight excluding hydrogens is 454 g/mol. The maximum atomic E-state index is 13.5. The maximum absolute atomic E-state index is 13.5. The van der Waals surface area contributed by atoms with Gasteiger partial charge in [-0.25, -0.2) is 4.98 Å². The highest BCUT2D eigenvalue weighted by atomic mass is 35.5. The minimum Gasteiger partial charge on any atom is -0.474 e. The monoisotopic (exact) mass is 475 g/mol. The van der Waals surface area contributed by atoms with E-state index in [4.69, 9.17) is 21.3 Å². The average Bonchev–Trinajstić information content (AvgIpc) is 3.43. The number of hydrogen-bond acceptors (Lipinski definition) is 6. The number of hydrogen-bond donors (Lipinski definition) is 0. The van der Waals surface area contributed by atoms with E-state index in [-0.39, 0.29) is 5.56 Å². The van der Waals surface area contributed by atoms with Crippen molar-refractivity contribution in [3.8, 4) is 17.3 Å². The number of ether oxygens (including phenoxy) is 1. The number of halogens is 1. The van der Waals surface area contributed by atoms with Gasteiger partial charge in [-0.05, 0) is 42.3 Å². The number of aromatic nitrogens is 6. The Bertz CT molecular complexity index is 1650. The zero-order valence-corrected chi connectivity index (χ0v) is 19.7. The van der Waals surface area contributed by atoms with Crippen LogP contribution in [-0.2, 0) is 20.6 Å². The topological polar surface area (TPSA) is 82.5 Å². The minimum absolute atomic E-state index is 0.0628. The highest BCUT2D eigenvalue weighted by Gasteiger charge is 2.23. The molecule has 1 aliphatic heterocycles. The number of pyridine rings is 1. The van der Waals surface area contributed by atoms with Crippen molar-refractivity contribution in [2.45, 2.75) is 13.5 Å². The molecule has 0 N–H and O–H groups in total. The van der Waals surface area contributed by atoms with E-state index >= 15 is 0 Å². The summed E-state index contributed by atoms with van der Waals surface area (Å²) in [6.45, 7) is 3.80. The Labute approximate surface area is 199 Å². The smallest absolute Gasteiger partial charge is 0.261 e. The summed E-state index contributed by atoms with van der Waals surface area (Å²) in [6.07, 6.45) is 3.51. The summed E-state index contributed by atoms with van der Waals surface area (Å²) in [5, 5.41) is 5.32. The van der Waals surface area contributed by atoms with E-state index in [9.17, 15) is 4.79 Å². The van der Waals surface area contributed by atoms with Gasteiger partial charge in [-0.1, -0.05) is 17.7 Å². The van der Waals surface area contributed by atoms with Crippen LogP contribution in [0.4, 0.5) is 5.69 Å². The molecule has 6 rings (SSSR count). The molecule has 0 spiro atoms. The summed E-state index contributed by atoms with van der Waals surface area (Å²) >= 11 is 6.07. The SMILES string of the molecule is Cc1cc(CN2CCOc3nc(Cl)ccc32)c2c(c1)c(=O)n(C)c1c(-c3ccnn3C)ncn21. The fraction of sp³-hybridized carbons (Fsp3) is 0.250. The lowest BCUT2D eigenvalue weighted by atomic mass is 10.1. The van der Waals surface area contributed by atoms with Crippen molar-refractivity contribution in [1.29, 1.82) is 0 Å². The van der Waals surface area contributed by atoms with Gasteiger partial charge in [0.2, 0.25) is 5.88 Å². The average molecular weight is 476 g/mol. The molecule has 0 saturated heterocycles. The first kappa shape index (κ1) is 20.7. The van der Waals surface area contributed by atoms with Crippen molar-refractivity contribution >= 4 is 33.8 Å². The summed E-state index contributed by atoms with van der Waals surface area (Å²) in [4.78, 5) is 24.7. The van der Waals surface area contributed by atoms with Crippen LogP contribution < -0.4 is 15.2 Å². The molecule has 9 nitrogen and oxygen atoms in total. The Kier molecular flexibility index (Phi) is 4.63. The molecule has 5 heterocycles. The van der Waals surface area contributed by atoms with Crippen LogP contribution in [0, 0.1) is 6.92 Å². The largest absolute Gasteiger partial charge is 0.474 e. The lowest BCUT2D eigenvalue weighted by Gasteiger charge is -2.31. The quantitative estimate of drug-likeness (QED) is 0.372. The maximum Gasteiger partial charge on any atom is 0.261 e. The van der Waals surface area contributed by atoms with Crippen LogP contribution in [0.1, 0.15) is 11.1 Å². The van der Waals surface area contributed by atoms with Gasteiger partial charge in [0, 0.05) is 26.8 Å². The van der Waals surface area contributed by atoms with Crippen LogP contribution in [0.5, 0.6) is 5.88 Å². The van der Waals surface area contributed by atoms with Crippen LogP contribution in [0.15, 0.2) is 47.7 Å². The molecule has 34 heavy (non-hydrogen) atoms. The first-order valence-electron chi connectivity index (χ1n) is 10.9. The van der Waals surface area contributed by atoms with Crippen molar-refractivity contribution in [3.63, 3.8) is 0 Å². The molecule has 0 radical (unpaired) electrons. The normalized spacial score (nSPS) is 13.5.